The molecule has 1 saturated heterocycles. The van der Waals surface area contributed by atoms with Crippen LogP contribution in [0.4, 0.5) is 17.5 Å². The molecule has 1 saturated carbocycles. The molecule has 0 spiro atoms. The molecule has 1 aliphatic carbocycles. The van der Waals surface area contributed by atoms with E-state index in [1.807, 2.05) is 18.2 Å². The molecule has 0 atom stereocenters. The molecule has 5 rings (SSSR count). The SMILES string of the molecule is CCC(=O)COc1cc2cc(Nc3nc(N4CCN(CC)CC4)ncc3Cl)ccc2n(CCC2CC2)c1=O. The number of benzene rings is 1. The number of fused-ring (bicyclic) bond motifs is 1. The van der Waals surface area contributed by atoms with Gasteiger partial charge in [0, 0.05) is 50.2 Å². The summed E-state index contributed by atoms with van der Waals surface area (Å²) >= 11 is 6.47. The Hall–Kier alpha value is -3.17. The number of likely N-dealkylation sites (N-methyl/N-ethyl adjacent to an activating group) is 1. The summed E-state index contributed by atoms with van der Waals surface area (Å²) in [6.07, 6.45) is 5.40. The van der Waals surface area contributed by atoms with Crippen LogP contribution in [0.5, 0.6) is 5.75 Å². The monoisotopic (exact) mass is 538 g/mol. The van der Waals surface area contributed by atoms with E-state index in [4.69, 9.17) is 21.3 Å². The number of halogens is 1. The molecule has 0 unspecified atom stereocenters. The summed E-state index contributed by atoms with van der Waals surface area (Å²) in [7, 11) is 0. The van der Waals surface area contributed by atoms with Gasteiger partial charge in [-0.05, 0) is 43.1 Å². The predicted molar refractivity (Wildman–Crippen MR) is 151 cm³/mol. The van der Waals surface area contributed by atoms with E-state index in [1.165, 1.54) is 12.8 Å². The number of hydrogen-bond donors (Lipinski definition) is 1. The highest BCUT2D eigenvalue weighted by molar-refractivity contribution is 6.32. The molecule has 0 bridgehead atoms. The number of ether oxygens (including phenoxy) is 1. The molecule has 202 valence electrons. The fourth-order valence-corrected chi connectivity index (χ4v) is 4.88. The summed E-state index contributed by atoms with van der Waals surface area (Å²) in [5.74, 6) is 2.01. The molecule has 1 aliphatic heterocycles. The molecule has 3 aromatic rings. The number of nitrogens with one attached hydrogen (secondary N) is 1. The fraction of sp³-hybridized carbons (Fsp3) is 0.500. The Morgan fingerprint density at radius 1 is 1.16 bits per heavy atom. The van der Waals surface area contributed by atoms with Crippen LogP contribution in [0.15, 0.2) is 35.3 Å². The molecule has 0 radical (unpaired) electrons. The Morgan fingerprint density at radius 3 is 2.66 bits per heavy atom. The zero-order valence-electron chi connectivity index (χ0n) is 22.1. The first-order valence-corrected chi connectivity index (χ1v) is 13.9. The normalized spacial score (nSPS) is 16.1. The average Bonchev–Trinajstić information content (AvgIpc) is 3.77. The van der Waals surface area contributed by atoms with E-state index in [2.05, 4.69) is 27.0 Å². The van der Waals surface area contributed by atoms with Gasteiger partial charge in [0.05, 0.1) is 11.7 Å². The Bertz CT molecular complexity index is 1360. The summed E-state index contributed by atoms with van der Waals surface area (Å²) in [6, 6.07) is 7.54. The van der Waals surface area contributed by atoms with Crippen molar-refractivity contribution in [2.75, 3.05) is 49.5 Å². The first-order chi connectivity index (χ1) is 18.4. The molecule has 3 heterocycles. The van der Waals surface area contributed by atoms with E-state index in [0.29, 0.717) is 35.7 Å². The van der Waals surface area contributed by atoms with Gasteiger partial charge in [0.2, 0.25) is 5.95 Å². The van der Waals surface area contributed by atoms with Crippen molar-refractivity contribution in [1.82, 2.24) is 19.4 Å². The van der Waals surface area contributed by atoms with Crippen molar-refractivity contribution in [2.45, 2.75) is 46.1 Å². The lowest BCUT2D eigenvalue weighted by atomic mass is 10.1. The van der Waals surface area contributed by atoms with Gasteiger partial charge in [0.1, 0.15) is 11.6 Å². The first-order valence-electron chi connectivity index (χ1n) is 13.5. The number of piperazine rings is 1. The van der Waals surface area contributed by atoms with Gasteiger partial charge in [-0.25, -0.2) is 4.98 Å². The summed E-state index contributed by atoms with van der Waals surface area (Å²) in [6.45, 7) is 9.21. The van der Waals surface area contributed by atoms with Gasteiger partial charge < -0.3 is 24.4 Å². The molecule has 10 heteroatoms. The van der Waals surface area contributed by atoms with Gasteiger partial charge in [-0.3, -0.25) is 9.59 Å². The van der Waals surface area contributed by atoms with Crippen LogP contribution in [0, 0.1) is 5.92 Å². The number of carbonyl (C=O) groups is 1. The minimum absolute atomic E-state index is 0.0465. The standard InChI is InChI=1S/C28H35ClN6O3/c1-3-22(36)18-38-25-16-20-15-21(7-8-24(20)35(27(25)37)10-9-19-5-6-19)31-26-23(29)17-30-28(32-26)34-13-11-33(4-2)12-14-34/h7-8,15-17,19H,3-6,9-14,18H2,1-2H3,(H,30,31,32). The fourth-order valence-electron chi connectivity index (χ4n) is 4.74. The van der Waals surface area contributed by atoms with Crippen LogP contribution < -0.4 is 20.5 Å². The second-order valence-electron chi connectivity index (χ2n) is 10.1. The number of aromatic nitrogens is 3. The third-order valence-corrected chi connectivity index (χ3v) is 7.67. The van der Waals surface area contributed by atoms with E-state index in [-0.39, 0.29) is 23.7 Å². The highest BCUT2D eigenvalue weighted by atomic mass is 35.5. The average molecular weight is 539 g/mol. The number of rotatable bonds is 11. The summed E-state index contributed by atoms with van der Waals surface area (Å²) in [4.78, 5) is 38.9. The third kappa shape index (κ3) is 6.10. The molecule has 1 N–H and O–H groups in total. The second-order valence-corrected chi connectivity index (χ2v) is 10.5. The van der Waals surface area contributed by atoms with Crippen molar-refractivity contribution in [3.8, 4) is 5.75 Å². The maximum atomic E-state index is 13.2. The third-order valence-electron chi connectivity index (χ3n) is 7.40. The van der Waals surface area contributed by atoms with Crippen LogP contribution in [0.1, 0.15) is 39.5 Å². The lowest BCUT2D eigenvalue weighted by Crippen LogP contribution is -2.46. The van der Waals surface area contributed by atoms with Crippen molar-refractivity contribution < 1.29 is 9.53 Å². The molecule has 2 fully saturated rings. The number of carbonyl (C=O) groups excluding carboxylic acids is 1. The van der Waals surface area contributed by atoms with E-state index in [9.17, 15) is 9.59 Å². The number of pyridine rings is 1. The van der Waals surface area contributed by atoms with Crippen molar-refractivity contribution in [2.24, 2.45) is 5.92 Å². The number of aryl methyl sites for hydroxylation is 1. The molecule has 2 aromatic heterocycles. The molecule has 2 aliphatic rings. The van der Waals surface area contributed by atoms with Gasteiger partial charge in [-0.1, -0.05) is 38.3 Å². The molecule has 38 heavy (non-hydrogen) atoms. The zero-order valence-corrected chi connectivity index (χ0v) is 22.8. The van der Waals surface area contributed by atoms with Crippen LogP contribution in [0.2, 0.25) is 5.02 Å². The topological polar surface area (TPSA) is 92.6 Å². The summed E-state index contributed by atoms with van der Waals surface area (Å²) in [5.41, 5.74) is 1.41. The van der Waals surface area contributed by atoms with Crippen LogP contribution in [-0.4, -0.2) is 64.5 Å². The predicted octanol–water partition coefficient (Wildman–Crippen LogP) is 4.49. The summed E-state index contributed by atoms with van der Waals surface area (Å²) < 4.78 is 7.46. The Balaban J connectivity index is 1.42. The molecular formula is C28H35ClN6O3. The zero-order chi connectivity index (χ0) is 26.6. The number of nitrogens with zero attached hydrogens (tertiary/aromatic N) is 5. The molecule has 9 nitrogen and oxygen atoms in total. The van der Waals surface area contributed by atoms with E-state index >= 15 is 0 Å². The van der Waals surface area contributed by atoms with Gasteiger partial charge in [-0.2, -0.15) is 4.98 Å². The Kier molecular flexibility index (Phi) is 8.14. The van der Waals surface area contributed by atoms with E-state index < -0.39 is 0 Å². The van der Waals surface area contributed by atoms with Crippen molar-refractivity contribution in [3.05, 3.63) is 45.8 Å². The van der Waals surface area contributed by atoms with Gasteiger partial charge in [-0.15, -0.1) is 0 Å². The van der Waals surface area contributed by atoms with Crippen LogP contribution in [-0.2, 0) is 11.3 Å². The van der Waals surface area contributed by atoms with Gasteiger partial charge >= 0.3 is 0 Å². The minimum Gasteiger partial charge on any atom is -0.480 e. The largest absolute Gasteiger partial charge is 0.480 e. The van der Waals surface area contributed by atoms with E-state index in [0.717, 1.165) is 55.7 Å². The molecular weight excluding hydrogens is 504 g/mol. The molecule has 0 amide bonds. The quantitative estimate of drug-likeness (QED) is 0.382. The highest BCUT2D eigenvalue weighted by Gasteiger charge is 2.22. The smallest absolute Gasteiger partial charge is 0.293 e. The number of Topliss-reactive ketones (excluding diaryl/α,β-unsaturated/α-hetero) is 1. The first kappa shape index (κ1) is 26.4. The van der Waals surface area contributed by atoms with Gasteiger partial charge in [0.15, 0.2) is 17.4 Å². The summed E-state index contributed by atoms with van der Waals surface area (Å²) in [5, 5.41) is 4.60. The van der Waals surface area contributed by atoms with Crippen molar-refractivity contribution in [3.63, 3.8) is 0 Å². The second kappa shape index (κ2) is 11.7. The van der Waals surface area contributed by atoms with Crippen molar-refractivity contribution in [1.29, 1.82) is 0 Å². The maximum absolute atomic E-state index is 13.2. The van der Waals surface area contributed by atoms with Crippen molar-refractivity contribution >= 4 is 45.7 Å². The Labute approximate surface area is 227 Å². The number of hydrogen-bond acceptors (Lipinski definition) is 8. The number of ketones is 1. The van der Waals surface area contributed by atoms with Crippen LogP contribution in [0.25, 0.3) is 10.9 Å². The highest BCUT2D eigenvalue weighted by Crippen LogP contribution is 2.33. The van der Waals surface area contributed by atoms with Gasteiger partial charge in [0.25, 0.3) is 5.56 Å². The number of anilines is 3. The lowest BCUT2D eigenvalue weighted by molar-refractivity contribution is -0.120. The lowest BCUT2D eigenvalue weighted by Gasteiger charge is -2.34. The van der Waals surface area contributed by atoms with Crippen LogP contribution >= 0.6 is 11.6 Å². The maximum Gasteiger partial charge on any atom is 0.293 e. The minimum atomic E-state index is -0.200. The van der Waals surface area contributed by atoms with Crippen LogP contribution in [0.3, 0.4) is 0 Å². The Morgan fingerprint density at radius 2 is 1.95 bits per heavy atom. The molecule has 1 aromatic carbocycles. The van der Waals surface area contributed by atoms with E-state index in [1.54, 1.807) is 23.8 Å².